The number of anilines is 1. The molecule has 0 unspecified atom stereocenters. The Morgan fingerprint density at radius 2 is 2.12 bits per heavy atom. The normalized spacial score (nSPS) is 10.8. The fraction of sp³-hybridized carbons (Fsp3) is 0.412. The molecule has 0 aliphatic heterocycles. The summed E-state index contributed by atoms with van der Waals surface area (Å²) in [6.07, 6.45) is 0.924. The van der Waals surface area contributed by atoms with E-state index in [0.29, 0.717) is 28.2 Å². The maximum absolute atomic E-state index is 12.1. The van der Waals surface area contributed by atoms with Crippen molar-refractivity contribution in [2.24, 2.45) is 5.92 Å². The molecule has 7 nitrogen and oxygen atoms in total. The lowest BCUT2D eigenvalue weighted by molar-refractivity contribution is -0.126. The molecule has 0 fully saturated rings. The van der Waals surface area contributed by atoms with E-state index >= 15 is 0 Å². The maximum Gasteiger partial charge on any atom is 0.286 e. The van der Waals surface area contributed by atoms with Gasteiger partial charge in [-0.05, 0) is 30.5 Å². The summed E-state index contributed by atoms with van der Waals surface area (Å²) in [5.74, 6) is -0.00868. The summed E-state index contributed by atoms with van der Waals surface area (Å²) in [7, 11) is 0. The molecule has 9 heteroatoms. The molecule has 26 heavy (non-hydrogen) atoms. The van der Waals surface area contributed by atoms with E-state index in [-0.39, 0.29) is 30.0 Å². The van der Waals surface area contributed by atoms with Crippen LogP contribution in [0, 0.1) is 5.92 Å². The van der Waals surface area contributed by atoms with Gasteiger partial charge in [-0.25, -0.2) is 0 Å². The van der Waals surface area contributed by atoms with Crippen molar-refractivity contribution in [1.29, 1.82) is 0 Å². The first-order chi connectivity index (χ1) is 12.4. The summed E-state index contributed by atoms with van der Waals surface area (Å²) >= 11 is 7.00. The van der Waals surface area contributed by atoms with Gasteiger partial charge in [0.2, 0.25) is 10.9 Å². The number of nitrogens with one attached hydrogen (secondary N) is 2. The molecule has 0 spiro atoms. The number of benzene rings is 1. The van der Waals surface area contributed by atoms with Crippen LogP contribution in [0.1, 0.15) is 35.1 Å². The summed E-state index contributed by atoms with van der Waals surface area (Å²) in [5.41, 5.74) is 0.577. The molecule has 2 amide bonds. The lowest BCUT2D eigenvalue weighted by atomic mass is 10.1. The van der Waals surface area contributed by atoms with E-state index in [9.17, 15) is 9.59 Å². The standard InChI is InChI=1S/C17H21ClN4O3S/c1-11(2)6-7-19-14(23)9-25-10-15-21-22-17(26-15)16(24)20-13-5-3-4-12(18)8-13/h3-5,8,11H,6-7,9-10H2,1-2H3,(H,19,23)(H,20,24). The van der Waals surface area contributed by atoms with Crippen molar-refractivity contribution < 1.29 is 14.3 Å². The highest BCUT2D eigenvalue weighted by Crippen LogP contribution is 2.17. The summed E-state index contributed by atoms with van der Waals surface area (Å²) < 4.78 is 5.31. The first-order valence-corrected chi connectivity index (χ1v) is 9.37. The van der Waals surface area contributed by atoms with Gasteiger partial charge in [0.1, 0.15) is 18.2 Å². The first-order valence-electron chi connectivity index (χ1n) is 8.18. The minimum atomic E-state index is -0.373. The quantitative estimate of drug-likeness (QED) is 0.679. The minimum absolute atomic E-state index is 0.0538. The zero-order chi connectivity index (χ0) is 18.9. The van der Waals surface area contributed by atoms with E-state index in [1.54, 1.807) is 24.3 Å². The van der Waals surface area contributed by atoms with Crippen molar-refractivity contribution in [1.82, 2.24) is 15.5 Å². The van der Waals surface area contributed by atoms with Gasteiger partial charge < -0.3 is 15.4 Å². The second-order valence-corrected chi connectivity index (χ2v) is 7.49. The van der Waals surface area contributed by atoms with Crippen LogP contribution in [0.15, 0.2) is 24.3 Å². The molecule has 0 radical (unpaired) electrons. The van der Waals surface area contributed by atoms with Gasteiger partial charge in [-0.15, -0.1) is 10.2 Å². The van der Waals surface area contributed by atoms with Crippen molar-refractivity contribution in [3.8, 4) is 0 Å². The molecule has 0 atom stereocenters. The SMILES string of the molecule is CC(C)CCNC(=O)COCc1nnc(C(=O)Nc2cccc(Cl)c2)s1. The van der Waals surface area contributed by atoms with Gasteiger partial charge in [-0.2, -0.15) is 0 Å². The number of ether oxygens (including phenoxy) is 1. The molecule has 2 rings (SSSR count). The van der Waals surface area contributed by atoms with Gasteiger partial charge in [-0.1, -0.05) is 42.9 Å². The summed E-state index contributed by atoms with van der Waals surface area (Å²) in [4.78, 5) is 23.8. The molecule has 0 saturated carbocycles. The molecule has 0 bridgehead atoms. The molecule has 1 heterocycles. The highest BCUT2D eigenvalue weighted by atomic mass is 35.5. The predicted octanol–water partition coefficient (Wildman–Crippen LogP) is 3.12. The van der Waals surface area contributed by atoms with Crippen LogP contribution >= 0.6 is 22.9 Å². The molecule has 140 valence electrons. The van der Waals surface area contributed by atoms with Crippen molar-refractivity contribution in [3.63, 3.8) is 0 Å². The fourth-order valence-corrected chi connectivity index (χ4v) is 2.80. The Morgan fingerprint density at radius 1 is 1.31 bits per heavy atom. The average Bonchev–Trinajstić information content (AvgIpc) is 3.03. The van der Waals surface area contributed by atoms with Crippen LogP contribution in [0.3, 0.4) is 0 Å². The topological polar surface area (TPSA) is 93.2 Å². The Bertz CT molecular complexity index is 751. The number of halogens is 1. The third kappa shape index (κ3) is 7.07. The second-order valence-electron chi connectivity index (χ2n) is 5.99. The fourth-order valence-electron chi connectivity index (χ4n) is 1.94. The average molecular weight is 397 g/mol. The lowest BCUT2D eigenvalue weighted by Gasteiger charge is -2.06. The number of aromatic nitrogens is 2. The number of nitrogens with zero attached hydrogens (tertiary/aromatic N) is 2. The third-order valence-corrected chi connectivity index (χ3v) is 4.38. The first kappa shape index (κ1) is 20.3. The van der Waals surface area contributed by atoms with Crippen LogP contribution < -0.4 is 10.6 Å². The zero-order valence-corrected chi connectivity index (χ0v) is 16.2. The van der Waals surface area contributed by atoms with E-state index in [1.807, 2.05) is 0 Å². The van der Waals surface area contributed by atoms with Crippen LogP contribution in [-0.4, -0.2) is 35.2 Å². The molecule has 0 saturated heterocycles. The van der Waals surface area contributed by atoms with Gasteiger partial charge in [0.25, 0.3) is 5.91 Å². The van der Waals surface area contributed by atoms with Crippen molar-refractivity contribution >= 4 is 40.4 Å². The van der Waals surface area contributed by atoms with E-state index in [2.05, 4.69) is 34.7 Å². The Balaban J connectivity index is 1.75. The van der Waals surface area contributed by atoms with Crippen molar-refractivity contribution in [3.05, 3.63) is 39.3 Å². The zero-order valence-electron chi connectivity index (χ0n) is 14.6. The van der Waals surface area contributed by atoms with E-state index in [0.717, 1.165) is 17.8 Å². The Labute approximate surface area is 161 Å². The van der Waals surface area contributed by atoms with Crippen LogP contribution in [0.25, 0.3) is 0 Å². The van der Waals surface area contributed by atoms with E-state index in [4.69, 9.17) is 16.3 Å². The smallest absolute Gasteiger partial charge is 0.286 e. The van der Waals surface area contributed by atoms with Crippen molar-refractivity contribution in [2.75, 3.05) is 18.5 Å². The number of carbonyl (C=O) groups excluding carboxylic acids is 2. The highest BCUT2D eigenvalue weighted by molar-refractivity contribution is 7.13. The molecule has 1 aromatic carbocycles. The van der Waals surface area contributed by atoms with Crippen LogP contribution in [-0.2, 0) is 16.1 Å². The monoisotopic (exact) mass is 396 g/mol. The Hall–Kier alpha value is -2.03. The molecular weight excluding hydrogens is 376 g/mol. The third-order valence-electron chi connectivity index (χ3n) is 3.25. The maximum atomic E-state index is 12.1. The molecule has 0 aliphatic carbocycles. The largest absolute Gasteiger partial charge is 0.364 e. The minimum Gasteiger partial charge on any atom is -0.364 e. The van der Waals surface area contributed by atoms with Gasteiger partial charge in [-0.3, -0.25) is 9.59 Å². The van der Waals surface area contributed by atoms with Crippen LogP contribution in [0.2, 0.25) is 5.02 Å². The van der Waals surface area contributed by atoms with Gasteiger partial charge >= 0.3 is 0 Å². The number of hydrogen-bond acceptors (Lipinski definition) is 6. The molecule has 1 aromatic heterocycles. The van der Waals surface area contributed by atoms with E-state index in [1.165, 1.54) is 0 Å². The molecule has 2 aromatic rings. The summed E-state index contributed by atoms with van der Waals surface area (Å²) in [5, 5.41) is 14.5. The van der Waals surface area contributed by atoms with Gasteiger partial charge in [0, 0.05) is 17.3 Å². The number of amides is 2. The van der Waals surface area contributed by atoms with Crippen LogP contribution in [0.4, 0.5) is 5.69 Å². The molecular formula is C17H21ClN4O3S. The second kappa shape index (κ2) is 10.2. The summed E-state index contributed by atoms with van der Waals surface area (Å²) in [6.45, 7) is 4.89. The highest BCUT2D eigenvalue weighted by Gasteiger charge is 2.13. The van der Waals surface area contributed by atoms with Crippen molar-refractivity contribution in [2.45, 2.75) is 26.9 Å². The summed E-state index contributed by atoms with van der Waals surface area (Å²) in [6, 6.07) is 6.83. The Kier molecular flexibility index (Phi) is 7.96. The number of hydrogen-bond donors (Lipinski definition) is 2. The predicted molar refractivity (Wildman–Crippen MR) is 101 cm³/mol. The number of rotatable bonds is 9. The van der Waals surface area contributed by atoms with Gasteiger partial charge in [0.15, 0.2) is 0 Å². The van der Waals surface area contributed by atoms with Gasteiger partial charge in [0.05, 0.1) is 0 Å². The number of carbonyl (C=O) groups is 2. The van der Waals surface area contributed by atoms with E-state index < -0.39 is 0 Å². The molecule has 2 N–H and O–H groups in total. The lowest BCUT2D eigenvalue weighted by Crippen LogP contribution is -2.29. The Morgan fingerprint density at radius 3 is 2.85 bits per heavy atom. The van der Waals surface area contributed by atoms with Crippen LogP contribution in [0.5, 0.6) is 0 Å². The molecule has 0 aliphatic rings.